The summed E-state index contributed by atoms with van der Waals surface area (Å²) in [6, 6.07) is 10.2. The molecule has 0 aliphatic carbocycles. The fraction of sp³-hybridized carbons (Fsp3) is 0.438. The van der Waals surface area contributed by atoms with Gasteiger partial charge in [-0.15, -0.1) is 0 Å². The molecule has 0 saturated heterocycles. The highest BCUT2D eigenvalue weighted by molar-refractivity contribution is 5.27. The summed E-state index contributed by atoms with van der Waals surface area (Å²) in [5.41, 5.74) is 2.33. The first-order chi connectivity index (χ1) is 9.67. The monoisotopic (exact) mass is 273 g/mol. The van der Waals surface area contributed by atoms with Gasteiger partial charge in [0, 0.05) is 25.8 Å². The summed E-state index contributed by atoms with van der Waals surface area (Å²) in [6.45, 7) is 6.99. The first kappa shape index (κ1) is 14.6. The van der Waals surface area contributed by atoms with Crippen molar-refractivity contribution in [3.05, 3.63) is 47.8 Å². The number of hydrogen-bond acceptors (Lipinski definition) is 3. The molecule has 4 heteroatoms. The molecule has 2 aromatic rings. The predicted molar refractivity (Wildman–Crippen MR) is 80.6 cm³/mol. The van der Waals surface area contributed by atoms with Gasteiger partial charge in [-0.2, -0.15) is 5.10 Å². The van der Waals surface area contributed by atoms with Gasteiger partial charge in [-0.05, 0) is 29.7 Å². The topological polar surface area (TPSA) is 39.1 Å². The lowest BCUT2D eigenvalue weighted by atomic mass is 10.2. The Morgan fingerprint density at radius 3 is 2.55 bits per heavy atom. The van der Waals surface area contributed by atoms with E-state index in [2.05, 4.69) is 42.5 Å². The highest BCUT2D eigenvalue weighted by atomic mass is 16.5. The van der Waals surface area contributed by atoms with Crippen LogP contribution in [0.4, 0.5) is 0 Å². The van der Waals surface area contributed by atoms with Gasteiger partial charge in [-0.25, -0.2) is 0 Å². The summed E-state index contributed by atoms with van der Waals surface area (Å²) in [4.78, 5) is 0. The Morgan fingerprint density at radius 1 is 1.15 bits per heavy atom. The number of nitrogens with zero attached hydrogens (tertiary/aromatic N) is 2. The average molecular weight is 273 g/mol. The van der Waals surface area contributed by atoms with Gasteiger partial charge in [0.2, 0.25) is 0 Å². The zero-order valence-corrected chi connectivity index (χ0v) is 12.5. The van der Waals surface area contributed by atoms with Crippen molar-refractivity contribution in [2.45, 2.75) is 33.5 Å². The summed E-state index contributed by atoms with van der Waals surface area (Å²) < 4.78 is 7.15. The van der Waals surface area contributed by atoms with Crippen molar-refractivity contribution in [3.8, 4) is 5.75 Å². The molecule has 1 aromatic heterocycles. The molecule has 1 heterocycles. The van der Waals surface area contributed by atoms with E-state index in [0.717, 1.165) is 31.1 Å². The Bertz CT molecular complexity index is 517. The second-order valence-electron chi connectivity index (χ2n) is 5.37. The van der Waals surface area contributed by atoms with E-state index in [-0.39, 0.29) is 0 Å². The van der Waals surface area contributed by atoms with Crippen LogP contribution in [0.2, 0.25) is 0 Å². The first-order valence-electron chi connectivity index (χ1n) is 7.03. The van der Waals surface area contributed by atoms with E-state index in [0.29, 0.717) is 5.92 Å². The average Bonchev–Trinajstić information content (AvgIpc) is 2.86. The van der Waals surface area contributed by atoms with E-state index in [9.17, 15) is 0 Å². The lowest BCUT2D eigenvalue weighted by molar-refractivity contribution is 0.414. The number of methoxy groups -OCH3 is 1. The van der Waals surface area contributed by atoms with Crippen LogP contribution < -0.4 is 10.1 Å². The van der Waals surface area contributed by atoms with Crippen LogP contribution in [0.25, 0.3) is 0 Å². The molecule has 20 heavy (non-hydrogen) atoms. The number of rotatable bonds is 7. The molecule has 108 valence electrons. The van der Waals surface area contributed by atoms with Crippen molar-refractivity contribution in [2.24, 2.45) is 5.92 Å². The second kappa shape index (κ2) is 7.10. The van der Waals surface area contributed by atoms with E-state index in [1.54, 1.807) is 7.11 Å². The van der Waals surface area contributed by atoms with Gasteiger partial charge in [0.05, 0.1) is 12.8 Å². The maximum atomic E-state index is 5.14. The van der Waals surface area contributed by atoms with Crippen LogP contribution in [0.1, 0.15) is 25.1 Å². The molecule has 0 unspecified atom stereocenters. The molecule has 1 aromatic carbocycles. The van der Waals surface area contributed by atoms with Crippen LogP contribution in [0.15, 0.2) is 36.5 Å². The van der Waals surface area contributed by atoms with Crippen LogP contribution in [-0.4, -0.2) is 16.9 Å². The smallest absolute Gasteiger partial charge is 0.118 e. The van der Waals surface area contributed by atoms with Gasteiger partial charge in [-0.1, -0.05) is 26.0 Å². The molecule has 0 aliphatic heterocycles. The zero-order chi connectivity index (χ0) is 14.4. The molecule has 2 rings (SSSR count). The molecular formula is C16H23N3O. The van der Waals surface area contributed by atoms with Crippen LogP contribution in [0.5, 0.6) is 5.75 Å². The lowest BCUT2D eigenvalue weighted by Gasteiger charge is -2.05. The minimum atomic E-state index is 0.620. The summed E-state index contributed by atoms with van der Waals surface area (Å²) in [7, 11) is 1.68. The van der Waals surface area contributed by atoms with E-state index in [1.807, 2.05) is 23.0 Å². The van der Waals surface area contributed by atoms with Gasteiger partial charge < -0.3 is 10.1 Å². The molecule has 1 N–H and O–H groups in total. The summed E-state index contributed by atoms with van der Waals surface area (Å²) in [5.74, 6) is 1.51. The Morgan fingerprint density at radius 2 is 1.90 bits per heavy atom. The largest absolute Gasteiger partial charge is 0.497 e. The van der Waals surface area contributed by atoms with Crippen LogP contribution in [0, 0.1) is 5.92 Å². The van der Waals surface area contributed by atoms with Gasteiger partial charge in [0.15, 0.2) is 0 Å². The molecule has 0 atom stereocenters. The SMILES string of the molecule is COc1ccc(CNCc2ccn(CC(C)C)n2)cc1. The van der Waals surface area contributed by atoms with E-state index in [1.165, 1.54) is 5.56 Å². The van der Waals surface area contributed by atoms with E-state index >= 15 is 0 Å². The highest BCUT2D eigenvalue weighted by Gasteiger charge is 2.01. The molecule has 0 amide bonds. The number of benzene rings is 1. The molecule has 0 fully saturated rings. The van der Waals surface area contributed by atoms with Gasteiger partial charge >= 0.3 is 0 Å². The second-order valence-corrected chi connectivity index (χ2v) is 5.37. The Labute approximate surface area is 120 Å². The third kappa shape index (κ3) is 4.38. The fourth-order valence-electron chi connectivity index (χ4n) is 2.05. The van der Waals surface area contributed by atoms with Crippen molar-refractivity contribution in [1.29, 1.82) is 0 Å². The van der Waals surface area contributed by atoms with Gasteiger partial charge in [-0.3, -0.25) is 4.68 Å². The van der Waals surface area contributed by atoms with Crippen LogP contribution in [-0.2, 0) is 19.6 Å². The van der Waals surface area contributed by atoms with Crippen LogP contribution in [0.3, 0.4) is 0 Å². The Kier molecular flexibility index (Phi) is 5.18. The molecule has 0 bridgehead atoms. The van der Waals surface area contributed by atoms with Crippen molar-refractivity contribution >= 4 is 0 Å². The number of aromatic nitrogens is 2. The molecule has 0 aliphatic rings. The summed E-state index contributed by atoms with van der Waals surface area (Å²) in [6.07, 6.45) is 2.05. The number of hydrogen-bond donors (Lipinski definition) is 1. The summed E-state index contributed by atoms with van der Waals surface area (Å²) in [5, 5.41) is 7.95. The minimum absolute atomic E-state index is 0.620. The zero-order valence-electron chi connectivity index (χ0n) is 12.5. The maximum absolute atomic E-state index is 5.14. The molecule has 0 saturated carbocycles. The van der Waals surface area contributed by atoms with Crippen LogP contribution >= 0.6 is 0 Å². The Balaban J connectivity index is 1.78. The number of ether oxygens (including phenoxy) is 1. The van der Waals surface area contributed by atoms with E-state index in [4.69, 9.17) is 4.74 Å². The standard InChI is InChI=1S/C16H23N3O/c1-13(2)12-19-9-8-15(18-19)11-17-10-14-4-6-16(20-3)7-5-14/h4-9,13,17H,10-12H2,1-3H3. The molecule has 0 radical (unpaired) electrons. The van der Waals surface area contributed by atoms with Crippen molar-refractivity contribution < 1.29 is 4.74 Å². The first-order valence-corrected chi connectivity index (χ1v) is 7.03. The fourth-order valence-corrected chi connectivity index (χ4v) is 2.05. The quantitative estimate of drug-likeness (QED) is 0.843. The molecule has 4 nitrogen and oxygen atoms in total. The maximum Gasteiger partial charge on any atom is 0.118 e. The third-order valence-corrected chi connectivity index (χ3v) is 3.04. The van der Waals surface area contributed by atoms with Gasteiger partial charge in [0.1, 0.15) is 5.75 Å². The highest BCUT2D eigenvalue weighted by Crippen LogP contribution is 2.11. The normalized spacial score (nSPS) is 11.0. The van der Waals surface area contributed by atoms with Gasteiger partial charge in [0.25, 0.3) is 0 Å². The molecular weight excluding hydrogens is 250 g/mol. The minimum Gasteiger partial charge on any atom is -0.497 e. The lowest BCUT2D eigenvalue weighted by Crippen LogP contribution is -2.14. The predicted octanol–water partition coefficient (Wildman–Crippen LogP) is 2.84. The number of nitrogens with one attached hydrogen (secondary N) is 1. The van der Waals surface area contributed by atoms with Crippen molar-refractivity contribution in [2.75, 3.05) is 7.11 Å². The van der Waals surface area contributed by atoms with Crippen molar-refractivity contribution in [3.63, 3.8) is 0 Å². The van der Waals surface area contributed by atoms with Crippen molar-refractivity contribution in [1.82, 2.24) is 15.1 Å². The summed E-state index contributed by atoms with van der Waals surface area (Å²) >= 11 is 0. The Hall–Kier alpha value is -1.81. The van der Waals surface area contributed by atoms with E-state index < -0.39 is 0 Å². The molecule has 0 spiro atoms. The third-order valence-electron chi connectivity index (χ3n) is 3.04.